The number of hydrogen-bond donors (Lipinski definition) is 4. The highest BCUT2D eigenvalue weighted by atomic mass is 16.5. The van der Waals surface area contributed by atoms with Gasteiger partial charge >= 0.3 is 0 Å². The monoisotopic (exact) mass is 400 g/mol. The number of carbonyl (C=O) groups is 2. The lowest BCUT2D eigenvalue weighted by Gasteiger charge is -2.14. The summed E-state index contributed by atoms with van der Waals surface area (Å²) in [5.74, 6) is -0.850. The van der Waals surface area contributed by atoms with Gasteiger partial charge in [0.2, 0.25) is 0 Å². The number of nitrogens with one attached hydrogen (secondary N) is 1. The number of amides is 2. The van der Waals surface area contributed by atoms with Crippen LogP contribution in [0, 0.1) is 5.92 Å². The van der Waals surface area contributed by atoms with Crippen molar-refractivity contribution in [3.8, 4) is 0 Å². The van der Waals surface area contributed by atoms with E-state index >= 15 is 0 Å². The molecule has 1 saturated heterocycles. The second kappa shape index (κ2) is 19.8. The van der Waals surface area contributed by atoms with Crippen LogP contribution in [0.5, 0.6) is 0 Å². The molecular formula is C20H36N2O6. The Hall–Kier alpha value is -2.00. The zero-order valence-corrected chi connectivity index (χ0v) is 17.4. The zero-order valence-electron chi connectivity index (χ0n) is 17.4. The van der Waals surface area contributed by atoms with Crippen molar-refractivity contribution in [2.24, 2.45) is 5.92 Å². The van der Waals surface area contributed by atoms with Gasteiger partial charge in [0, 0.05) is 20.3 Å². The van der Waals surface area contributed by atoms with E-state index in [1.807, 2.05) is 39.0 Å². The summed E-state index contributed by atoms with van der Waals surface area (Å²) >= 11 is 0. The predicted molar refractivity (Wildman–Crippen MR) is 110 cm³/mol. The van der Waals surface area contributed by atoms with Crippen LogP contribution in [0.25, 0.3) is 0 Å². The molecule has 2 rings (SSSR count). The van der Waals surface area contributed by atoms with Crippen LogP contribution in [0.1, 0.15) is 40.0 Å². The van der Waals surface area contributed by atoms with E-state index in [1.165, 1.54) is 5.01 Å². The largest absolute Gasteiger partial charge is 0.400 e. The Labute approximate surface area is 168 Å². The molecule has 1 aromatic carbocycles. The molecule has 2 amide bonds. The molecule has 1 atom stereocenters. The molecule has 28 heavy (non-hydrogen) atoms. The van der Waals surface area contributed by atoms with E-state index in [0.29, 0.717) is 12.1 Å². The lowest BCUT2D eigenvalue weighted by molar-refractivity contribution is -0.127. The molecule has 0 radical (unpaired) electrons. The summed E-state index contributed by atoms with van der Waals surface area (Å²) in [6, 6.07) is 9.17. The van der Waals surface area contributed by atoms with Gasteiger partial charge in [0.25, 0.3) is 11.8 Å². The average Bonchev–Trinajstić information content (AvgIpc) is 3.03. The Morgan fingerprint density at radius 3 is 1.93 bits per heavy atom. The van der Waals surface area contributed by atoms with E-state index < -0.39 is 5.92 Å². The van der Waals surface area contributed by atoms with E-state index in [2.05, 4.69) is 5.43 Å². The molecule has 0 bridgehead atoms. The number of nitrogens with zero attached hydrogens (tertiary/aromatic N) is 1. The van der Waals surface area contributed by atoms with Crippen LogP contribution in [0.3, 0.4) is 0 Å². The molecule has 0 spiro atoms. The maximum atomic E-state index is 12.1. The Morgan fingerprint density at radius 2 is 1.54 bits per heavy atom. The fourth-order valence-corrected chi connectivity index (χ4v) is 2.15. The van der Waals surface area contributed by atoms with E-state index in [9.17, 15) is 9.59 Å². The first-order valence-corrected chi connectivity index (χ1v) is 9.50. The molecule has 162 valence electrons. The van der Waals surface area contributed by atoms with Gasteiger partial charge in [-0.25, -0.2) is 5.01 Å². The molecule has 8 nitrogen and oxygen atoms in total. The first kappa shape index (κ1) is 28.2. The van der Waals surface area contributed by atoms with Gasteiger partial charge in [0.15, 0.2) is 0 Å². The Morgan fingerprint density at radius 1 is 1.00 bits per heavy atom. The highest BCUT2D eigenvalue weighted by Gasteiger charge is 2.39. The second-order valence-electron chi connectivity index (χ2n) is 5.41. The number of para-hydroxylation sites is 1. The molecule has 1 aliphatic rings. The number of hydrazine groups is 1. The third-order valence-corrected chi connectivity index (χ3v) is 3.43. The van der Waals surface area contributed by atoms with Gasteiger partial charge in [-0.15, -0.1) is 0 Å². The van der Waals surface area contributed by atoms with Crippen molar-refractivity contribution in [1.29, 1.82) is 0 Å². The number of unbranched alkanes of at least 4 members (excludes halogenated alkanes) is 1. The minimum atomic E-state index is -0.518. The lowest BCUT2D eigenvalue weighted by atomic mass is 10.0. The van der Waals surface area contributed by atoms with Gasteiger partial charge < -0.3 is 20.1 Å². The smallest absolute Gasteiger partial charge is 0.258 e. The number of hydrogen-bond acceptors (Lipinski definition) is 6. The van der Waals surface area contributed by atoms with Crippen LogP contribution in [-0.4, -0.2) is 60.7 Å². The SMILES string of the molecule is CCCCC1C(=O)NN(c2ccccc2)C1=O.CCOCC.CO.OCCO. The molecule has 1 fully saturated rings. The minimum Gasteiger partial charge on any atom is -0.400 e. The molecule has 1 aliphatic heterocycles. The summed E-state index contributed by atoms with van der Waals surface area (Å²) in [7, 11) is 1.00. The predicted octanol–water partition coefficient (Wildman–Crippen LogP) is 1.49. The minimum absolute atomic E-state index is 0.125. The third kappa shape index (κ3) is 11.7. The van der Waals surface area contributed by atoms with E-state index in [1.54, 1.807) is 12.1 Å². The molecule has 0 aromatic heterocycles. The van der Waals surface area contributed by atoms with Crippen LogP contribution >= 0.6 is 0 Å². The highest BCUT2D eigenvalue weighted by Crippen LogP contribution is 2.22. The lowest BCUT2D eigenvalue weighted by Crippen LogP contribution is -2.35. The van der Waals surface area contributed by atoms with Gasteiger partial charge in [-0.2, -0.15) is 0 Å². The molecule has 0 saturated carbocycles. The summed E-state index contributed by atoms with van der Waals surface area (Å²) in [5.41, 5.74) is 3.34. The Balaban J connectivity index is 0. The quantitative estimate of drug-likeness (QED) is 0.515. The van der Waals surface area contributed by atoms with Crippen LogP contribution in [0.15, 0.2) is 30.3 Å². The Kier molecular flexibility index (Phi) is 19.9. The molecular weight excluding hydrogens is 364 g/mol. The summed E-state index contributed by atoms with van der Waals surface area (Å²) in [4.78, 5) is 23.8. The number of anilines is 1. The molecule has 1 heterocycles. The second-order valence-corrected chi connectivity index (χ2v) is 5.41. The number of rotatable bonds is 7. The summed E-state index contributed by atoms with van der Waals surface area (Å²) in [6.45, 7) is 7.46. The van der Waals surface area contributed by atoms with Crippen molar-refractivity contribution < 1.29 is 29.6 Å². The van der Waals surface area contributed by atoms with Crippen molar-refractivity contribution in [2.45, 2.75) is 40.0 Å². The standard InChI is InChI=1S/C13H16N2O2.C4H10O.C2H6O2.CH4O/c1-2-3-9-11-12(16)14-15(13(11)17)10-7-5-4-6-8-10;1-3-5-4-2;3-1-2-4;1-2/h4-8,11H,2-3,9H2,1H3,(H,14,16);3-4H2,1-2H3;3-4H,1-2H2;2H,1H3. The van der Waals surface area contributed by atoms with Crippen molar-refractivity contribution in [3.63, 3.8) is 0 Å². The van der Waals surface area contributed by atoms with Gasteiger partial charge in [0.1, 0.15) is 5.92 Å². The van der Waals surface area contributed by atoms with E-state index in [-0.39, 0.29) is 25.0 Å². The van der Waals surface area contributed by atoms with E-state index in [0.717, 1.165) is 33.2 Å². The summed E-state index contributed by atoms with van der Waals surface area (Å²) < 4.78 is 4.83. The van der Waals surface area contributed by atoms with Crippen molar-refractivity contribution >= 4 is 17.5 Å². The zero-order chi connectivity index (χ0) is 21.8. The molecule has 8 heteroatoms. The van der Waals surface area contributed by atoms with Crippen LogP contribution in [-0.2, 0) is 14.3 Å². The number of carbonyl (C=O) groups excluding carboxylic acids is 2. The number of ether oxygens (including phenoxy) is 1. The highest BCUT2D eigenvalue weighted by molar-refractivity contribution is 6.14. The molecule has 1 unspecified atom stereocenters. The molecule has 4 N–H and O–H groups in total. The maximum absolute atomic E-state index is 12.1. The fourth-order valence-electron chi connectivity index (χ4n) is 2.15. The van der Waals surface area contributed by atoms with Gasteiger partial charge in [-0.05, 0) is 32.4 Å². The molecule has 1 aromatic rings. The fraction of sp³-hybridized carbons (Fsp3) is 0.600. The van der Waals surface area contributed by atoms with E-state index in [4.69, 9.17) is 20.1 Å². The number of aliphatic hydroxyl groups is 3. The first-order valence-electron chi connectivity index (χ1n) is 9.50. The molecule has 0 aliphatic carbocycles. The van der Waals surface area contributed by atoms with Gasteiger partial charge in [-0.3, -0.25) is 15.0 Å². The topological polar surface area (TPSA) is 119 Å². The Bertz CT molecular complexity index is 495. The van der Waals surface area contributed by atoms with Crippen molar-refractivity contribution in [1.82, 2.24) is 5.43 Å². The maximum Gasteiger partial charge on any atom is 0.258 e. The first-order chi connectivity index (χ1) is 13.6. The van der Waals surface area contributed by atoms with Crippen LogP contribution in [0.2, 0.25) is 0 Å². The van der Waals surface area contributed by atoms with Crippen LogP contribution in [0.4, 0.5) is 5.69 Å². The van der Waals surface area contributed by atoms with Crippen LogP contribution < -0.4 is 10.4 Å². The van der Waals surface area contributed by atoms with Crippen molar-refractivity contribution in [3.05, 3.63) is 30.3 Å². The summed E-state index contributed by atoms with van der Waals surface area (Å²) in [6.07, 6.45) is 2.51. The summed E-state index contributed by atoms with van der Waals surface area (Å²) in [5, 5.41) is 23.6. The third-order valence-electron chi connectivity index (χ3n) is 3.43. The van der Waals surface area contributed by atoms with Gasteiger partial charge in [-0.1, -0.05) is 38.0 Å². The number of benzene rings is 1. The number of aliphatic hydroxyl groups excluding tert-OH is 3. The normalized spacial score (nSPS) is 14.7. The van der Waals surface area contributed by atoms with Gasteiger partial charge in [0.05, 0.1) is 18.9 Å². The average molecular weight is 401 g/mol. The van der Waals surface area contributed by atoms with Crippen molar-refractivity contribution in [2.75, 3.05) is 38.5 Å².